The second-order valence-electron chi connectivity index (χ2n) is 6.30. The zero-order chi connectivity index (χ0) is 15.6. The van der Waals surface area contributed by atoms with Crippen LogP contribution in [0.25, 0.3) is 0 Å². The van der Waals surface area contributed by atoms with Gasteiger partial charge in [-0.25, -0.2) is 0 Å². The van der Waals surface area contributed by atoms with Crippen LogP contribution in [0.5, 0.6) is 0 Å². The molecule has 0 unspecified atom stereocenters. The number of aliphatic hydroxyl groups is 2. The molecule has 0 heterocycles. The molecule has 0 aliphatic carbocycles. The van der Waals surface area contributed by atoms with Crippen molar-refractivity contribution in [3.05, 3.63) is 10.2 Å². The molecule has 0 aliphatic rings. The Labute approximate surface area is 130 Å². The fourth-order valence-corrected chi connectivity index (χ4v) is 19.2. The van der Waals surface area contributed by atoms with E-state index in [1.807, 2.05) is 0 Å². The molecule has 0 aromatic carbocycles. The molecule has 0 rings (SSSR count). The molecule has 2 nitrogen and oxygen atoms in total. The molecule has 20 heavy (non-hydrogen) atoms. The Morgan fingerprint density at radius 2 is 1.25 bits per heavy atom. The average Bonchev–Trinajstić information content (AvgIpc) is 2.45. The van der Waals surface area contributed by atoms with Gasteiger partial charge in [0.05, 0.1) is 0 Å². The topological polar surface area (TPSA) is 40.5 Å². The molecule has 3 heteroatoms. The zero-order valence-electron chi connectivity index (χ0n) is 14.1. The fourth-order valence-electron chi connectivity index (χ4n) is 3.01. The van der Waals surface area contributed by atoms with Gasteiger partial charge in [-0.15, -0.1) is 0 Å². The van der Waals surface area contributed by atoms with Gasteiger partial charge in [0.15, 0.2) is 0 Å². The molecule has 0 spiro atoms. The van der Waals surface area contributed by atoms with E-state index in [1.165, 1.54) is 51.8 Å². The summed E-state index contributed by atoms with van der Waals surface area (Å²) in [6, 6.07) is 0. The van der Waals surface area contributed by atoms with Crippen molar-refractivity contribution in [2.75, 3.05) is 0 Å². The Morgan fingerprint density at radius 1 is 0.900 bits per heavy atom. The van der Waals surface area contributed by atoms with Crippen molar-refractivity contribution in [1.29, 1.82) is 0 Å². The predicted octanol–water partition coefficient (Wildman–Crippen LogP) is 4.67. The van der Waals surface area contributed by atoms with Gasteiger partial charge in [-0.05, 0) is 0 Å². The van der Waals surface area contributed by atoms with Gasteiger partial charge in [0.25, 0.3) is 0 Å². The summed E-state index contributed by atoms with van der Waals surface area (Å²) < 4.78 is 4.97. The van der Waals surface area contributed by atoms with E-state index in [1.54, 1.807) is 6.92 Å². The molecule has 0 aromatic heterocycles. The van der Waals surface area contributed by atoms with Crippen LogP contribution in [0, 0.1) is 0 Å². The van der Waals surface area contributed by atoms with Gasteiger partial charge in [-0.1, -0.05) is 0 Å². The van der Waals surface area contributed by atoms with Gasteiger partial charge in [0.1, 0.15) is 0 Å². The van der Waals surface area contributed by atoms with E-state index in [4.69, 9.17) is 0 Å². The van der Waals surface area contributed by atoms with Gasteiger partial charge < -0.3 is 0 Å². The summed E-state index contributed by atoms with van der Waals surface area (Å²) in [6.07, 6.45) is 6.05. The van der Waals surface area contributed by atoms with E-state index in [2.05, 4.69) is 27.4 Å². The van der Waals surface area contributed by atoms with Crippen molar-refractivity contribution in [1.82, 2.24) is 0 Å². The molecule has 0 amide bonds. The van der Waals surface area contributed by atoms with E-state index >= 15 is 0 Å². The maximum absolute atomic E-state index is 10.3. The van der Waals surface area contributed by atoms with E-state index in [-0.39, 0.29) is 0 Å². The van der Waals surface area contributed by atoms with E-state index < -0.39 is 30.6 Å². The van der Waals surface area contributed by atoms with Crippen LogP contribution < -0.4 is 0 Å². The molecule has 0 aliphatic heterocycles. The Morgan fingerprint density at radius 3 is 1.50 bits per heavy atom. The Bertz CT molecular complexity index is 242. The number of hydrogen-bond acceptors (Lipinski definition) is 2. The van der Waals surface area contributed by atoms with Crippen molar-refractivity contribution in [3.8, 4) is 0 Å². The summed E-state index contributed by atoms with van der Waals surface area (Å²) in [5, 5.41) is 20.1. The maximum atomic E-state index is 10.3. The van der Waals surface area contributed by atoms with Crippen LogP contribution in [0.1, 0.15) is 66.2 Å². The number of unbranched alkanes of at least 4 members (excludes halogenated alkanes) is 3. The monoisotopic (exact) mass is 392 g/mol. The predicted molar refractivity (Wildman–Crippen MR) is 91.7 cm³/mol. The van der Waals surface area contributed by atoms with Crippen LogP contribution in [0.3, 0.4) is 0 Å². The third-order valence-corrected chi connectivity index (χ3v) is 20.5. The Hall–Kier alpha value is 0.459. The number of hydrogen-bond donors (Lipinski definition) is 2. The molecular formula is C17H36O2Sn. The first-order valence-corrected chi connectivity index (χ1v) is 16.0. The van der Waals surface area contributed by atoms with Gasteiger partial charge in [0, 0.05) is 0 Å². The first-order valence-electron chi connectivity index (χ1n) is 8.50. The van der Waals surface area contributed by atoms with E-state index in [0.717, 1.165) is 3.59 Å². The second-order valence-corrected chi connectivity index (χ2v) is 19.7. The molecule has 0 fully saturated rings. The quantitative estimate of drug-likeness (QED) is 0.475. The fraction of sp³-hybridized carbons (Fsp3) is 0.882. The summed E-state index contributed by atoms with van der Waals surface area (Å²) in [6.45, 7) is 12.7. The molecule has 0 saturated carbocycles. The van der Waals surface area contributed by atoms with Crippen LogP contribution in [0.4, 0.5) is 0 Å². The van der Waals surface area contributed by atoms with Crippen LogP contribution >= 0.6 is 0 Å². The molecule has 0 bridgehead atoms. The summed E-state index contributed by atoms with van der Waals surface area (Å²) >= 11 is -2.56. The second kappa shape index (κ2) is 11.1. The van der Waals surface area contributed by atoms with Crippen molar-refractivity contribution in [2.45, 2.75) is 91.7 Å². The third-order valence-electron chi connectivity index (χ3n) is 4.52. The standard InChI is InChI=1S/C5H9O2.3C4H9.Sn/c1-3-5(7)4(2)6;3*1-3-4-2;/h4-7H,1H2,2H3;3*1,3-4H2,2H3;/t4-,5-;;;;/m0..../s1. The molecule has 2 atom stereocenters. The van der Waals surface area contributed by atoms with Crippen molar-refractivity contribution in [2.24, 2.45) is 0 Å². The van der Waals surface area contributed by atoms with Gasteiger partial charge in [-0.3, -0.25) is 0 Å². The van der Waals surface area contributed by atoms with E-state index in [0.29, 0.717) is 0 Å². The molecule has 120 valence electrons. The van der Waals surface area contributed by atoms with Gasteiger partial charge in [0.2, 0.25) is 0 Å². The normalized spacial score (nSPS) is 15.1. The number of rotatable bonds is 12. The van der Waals surface area contributed by atoms with Crippen LogP contribution in [-0.2, 0) is 0 Å². The van der Waals surface area contributed by atoms with E-state index in [9.17, 15) is 10.2 Å². The van der Waals surface area contributed by atoms with Crippen molar-refractivity contribution in [3.63, 3.8) is 0 Å². The first kappa shape index (κ1) is 20.5. The minimum absolute atomic E-state index is 0.677. The molecular weight excluding hydrogens is 355 g/mol. The number of aliphatic hydroxyl groups excluding tert-OH is 2. The van der Waals surface area contributed by atoms with Crippen LogP contribution in [0.2, 0.25) is 13.3 Å². The summed E-state index contributed by atoms with van der Waals surface area (Å²) in [7, 11) is 0. The minimum atomic E-state index is -2.56. The molecule has 0 radical (unpaired) electrons. The third kappa shape index (κ3) is 6.48. The first-order chi connectivity index (χ1) is 9.45. The van der Waals surface area contributed by atoms with Gasteiger partial charge in [-0.2, -0.15) is 0 Å². The summed E-state index contributed by atoms with van der Waals surface area (Å²) in [5.74, 6) is 0. The van der Waals surface area contributed by atoms with Crippen LogP contribution in [-0.4, -0.2) is 40.8 Å². The molecule has 0 aromatic rings. The van der Waals surface area contributed by atoms with Crippen molar-refractivity contribution < 1.29 is 10.2 Å². The van der Waals surface area contributed by atoms with Gasteiger partial charge >= 0.3 is 130 Å². The van der Waals surface area contributed by atoms with Crippen molar-refractivity contribution >= 4 is 18.4 Å². The Kier molecular flexibility index (Phi) is 11.3. The summed E-state index contributed by atoms with van der Waals surface area (Å²) in [4.78, 5) is 0. The zero-order valence-corrected chi connectivity index (χ0v) is 17.0. The molecule has 0 saturated heterocycles. The average molecular weight is 391 g/mol. The summed E-state index contributed by atoms with van der Waals surface area (Å²) in [5.41, 5.74) is 0. The van der Waals surface area contributed by atoms with Crippen LogP contribution in [0.15, 0.2) is 10.2 Å². The Balaban J connectivity index is 5.15. The SMILES string of the molecule is C=[C]([C@H](O)[C@H](C)O)[Sn]([CH2]CCC)([CH2]CCC)[CH2]CCC. The molecule has 2 N–H and O–H groups in total.